The molecule has 146 valence electrons. The van der Waals surface area contributed by atoms with Crippen molar-refractivity contribution in [1.82, 2.24) is 24.8 Å². The molecule has 0 unspecified atom stereocenters. The molecule has 1 atom stereocenters. The summed E-state index contributed by atoms with van der Waals surface area (Å²) >= 11 is 0. The van der Waals surface area contributed by atoms with E-state index in [1.807, 2.05) is 12.1 Å². The number of amides is 1. The summed E-state index contributed by atoms with van der Waals surface area (Å²) in [7, 11) is 0. The first kappa shape index (κ1) is 18.4. The van der Waals surface area contributed by atoms with Crippen molar-refractivity contribution < 1.29 is 4.79 Å². The van der Waals surface area contributed by atoms with E-state index in [1.165, 1.54) is 12.6 Å². The third-order valence-corrected chi connectivity index (χ3v) is 5.29. The number of nitrogens with one attached hydrogen (secondary N) is 3. The van der Waals surface area contributed by atoms with Gasteiger partial charge in [-0.05, 0) is 24.6 Å². The van der Waals surface area contributed by atoms with E-state index < -0.39 is 0 Å². The summed E-state index contributed by atoms with van der Waals surface area (Å²) in [4.78, 5) is 29.8. The van der Waals surface area contributed by atoms with Gasteiger partial charge in [-0.3, -0.25) is 9.69 Å². The van der Waals surface area contributed by atoms with Gasteiger partial charge in [0, 0.05) is 49.9 Å². The van der Waals surface area contributed by atoms with Crippen molar-refractivity contribution in [3.63, 3.8) is 0 Å². The molecule has 0 saturated heterocycles. The van der Waals surface area contributed by atoms with Crippen LogP contribution in [0.25, 0.3) is 0 Å². The number of carbonyl (C=O) groups excluding carboxylic acids is 1. The molecule has 3 heterocycles. The molecule has 3 aromatic rings. The number of aromatic amines is 2. The molecule has 0 bridgehead atoms. The standard InChI is InChI=1S/C21H26N6O/c1-4-19-24-13(2)18(26-19)11-27-10-9-17-20(23-12-22-17)21(27)15-5-7-16(8-6-15)25-14(3)28/h5-8,12,21H,4,9-11H2,1-3H3,(H,22,23)(H,24,26)(H,25,28)/t21-/m1/s1. The molecule has 1 aliphatic rings. The van der Waals surface area contributed by atoms with Crippen molar-refractivity contribution in [3.05, 3.63) is 64.8 Å². The third-order valence-electron chi connectivity index (χ3n) is 5.29. The molecule has 7 heteroatoms. The molecule has 4 rings (SSSR count). The molecule has 0 fully saturated rings. The van der Waals surface area contributed by atoms with E-state index in [2.05, 4.69) is 51.1 Å². The average Bonchev–Trinajstić information content (AvgIpc) is 3.28. The first-order chi connectivity index (χ1) is 13.5. The summed E-state index contributed by atoms with van der Waals surface area (Å²) in [6, 6.07) is 8.10. The normalized spacial score (nSPS) is 16.8. The fourth-order valence-corrected chi connectivity index (χ4v) is 3.89. The lowest BCUT2D eigenvalue weighted by atomic mass is 9.95. The highest BCUT2D eigenvalue weighted by Gasteiger charge is 2.31. The first-order valence-corrected chi connectivity index (χ1v) is 9.73. The zero-order valence-corrected chi connectivity index (χ0v) is 16.5. The Labute approximate surface area is 164 Å². The number of carbonyl (C=O) groups is 1. The highest BCUT2D eigenvalue weighted by molar-refractivity contribution is 5.88. The summed E-state index contributed by atoms with van der Waals surface area (Å²) in [5, 5.41) is 2.83. The zero-order valence-electron chi connectivity index (χ0n) is 16.5. The maximum Gasteiger partial charge on any atom is 0.221 e. The molecule has 0 saturated carbocycles. The maximum atomic E-state index is 11.3. The smallest absolute Gasteiger partial charge is 0.221 e. The largest absolute Gasteiger partial charge is 0.348 e. The Bertz CT molecular complexity index is 971. The SMILES string of the molecule is CCc1nc(CN2CCc3[nH]cnc3[C@H]2c2ccc(NC(C)=O)cc2)c(C)[nH]1. The van der Waals surface area contributed by atoms with Crippen LogP contribution in [0.3, 0.4) is 0 Å². The van der Waals surface area contributed by atoms with Crippen molar-refractivity contribution in [1.29, 1.82) is 0 Å². The molecule has 0 radical (unpaired) electrons. The highest BCUT2D eigenvalue weighted by Crippen LogP contribution is 2.35. The summed E-state index contributed by atoms with van der Waals surface area (Å²) in [5.41, 5.74) is 6.45. The summed E-state index contributed by atoms with van der Waals surface area (Å²) in [5.74, 6) is 0.962. The van der Waals surface area contributed by atoms with Crippen LogP contribution in [0, 0.1) is 6.92 Å². The number of anilines is 1. The summed E-state index contributed by atoms with van der Waals surface area (Å²) in [6.45, 7) is 7.42. The van der Waals surface area contributed by atoms with Crippen LogP contribution >= 0.6 is 0 Å². The van der Waals surface area contributed by atoms with Crippen molar-refractivity contribution in [2.75, 3.05) is 11.9 Å². The Kier molecular flexibility index (Phi) is 5.00. The number of benzene rings is 1. The van der Waals surface area contributed by atoms with Gasteiger partial charge in [0.25, 0.3) is 0 Å². The molecule has 3 N–H and O–H groups in total. The van der Waals surface area contributed by atoms with Gasteiger partial charge in [-0.1, -0.05) is 19.1 Å². The van der Waals surface area contributed by atoms with Gasteiger partial charge in [0.1, 0.15) is 5.82 Å². The van der Waals surface area contributed by atoms with E-state index >= 15 is 0 Å². The Balaban J connectivity index is 1.66. The average molecular weight is 378 g/mol. The fourth-order valence-electron chi connectivity index (χ4n) is 3.89. The quantitative estimate of drug-likeness (QED) is 0.636. The first-order valence-electron chi connectivity index (χ1n) is 9.73. The molecule has 0 aliphatic carbocycles. The second-order valence-corrected chi connectivity index (χ2v) is 7.30. The van der Waals surface area contributed by atoms with Gasteiger partial charge < -0.3 is 15.3 Å². The van der Waals surface area contributed by atoms with Crippen LogP contribution in [-0.2, 0) is 24.2 Å². The van der Waals surface area contributed by atoms with Crippen LogP contribution in [0.1, 0.15) is 54.1 Å². The number of aromatic nitrogens is 4. The lowest BCUT2D eigenvalue weighted by Gasteiger charge is -2.35. The van der Waals surface area contributed by atoms with Crippen molar-refractivity contribution in [2.45, 2.75) is 46.2 Å². The lowest BCUT2D eigenvalue weighted by Crippen LogP contribution is -2.36. The lowest BCUT2D eigenvalue weighted by molar-refractivity contribution is -0.114. The second-order valence-electron chi connectivity index (χ2n) is 7.30. The van der Waals surface area contributed by atoms with E-state index in [-0.39, 0.29) is 11.9 Å². The predicted molar refractivity (Wildman–Crippen MR) is 108 cm³/mol. The van der Waals surface area contributed by atoms with Crippen molar-refractivity contribution >= 4 is 11.6 Å². The summed E-state index contributed by atoms with van der Waals surface area (Å²) in [6.07, 6.45) is 3.63. The monoisotopic (exact) mass is 378 g/mol. The molecular weight excluding hydrogens is 352 g/mol. The van der Waals surface area contributed by atoms with Crippen LogP contribution in [0.4, 0.5) is 5.69 Å². The highest BCUT2D eigenvalue weighted by atomic mass is 16.1. The van der Waals surface area contributed by atoms with Crippen LogP contribution < -0.4 is 5.32 Å². The van der Waals surface area contributed by atoms with Gasteiger partial charge in [0.15, 0.2) is 0 Å². The molecular formula is C21H26N6O. The van der Waals surface area contributed by atoms with Gasteiger partial charge in [-0.15, -0.1) is 0 Å². The number of rotatable bonds is 5. The van der Waals surface area contributed by atoms with Crippen LogP contribution in [0.2, 0.25) is 0 Å². The van der Waals surface area contributed by atoms with E-state index in [0.29, 0.717) is 0 Å². The minimum Gasteiger partial charge on any atom is -0.348 e. The zero-order chi connectivity index (χ0) is 19.7. The van der Waals surface area contributed by atoms with Gasteiger partial charge in [0.05, 0.1) is 23.8 Å². The predicted octanol–water partition coefficient (Wildman–Crippen LogP) is 3.11. The van der Waals surface area contributed by atoms with Crippen LogP contribution in [-0.4, -0.2) is 37.3 Å². The fraction of sp³-hybridized carbons (Fsp3) is 0.381. The van der Waals surface area contributed by atoms with Crippen LogP contribution in [0.5, 0.6) is 0 Å². The Morgan fingerprint density at radius 2 is 2.11 bits per heavy atom. The Morgan fingerprint density at radius 3 is 2.79 bits per heavy atom. The van der Waals surface area contributed by atoms with E-state index in [0.717, 1.165) is 60.1 Å². The Morgan fingerprint density at radius 1 is 1.32 bits per heavy atom. The van der Waals surface area contributed by atoms with Gasteiger partial charge in [-0.25, -0.2) is 9.97 Å². The molecule has 28 heavy (non-hydrogen) atoms. The third kappa shape index (κ3) is 3.57. The van der Waals surface area contributed by atoms with Gasteiger partial charge >= 0.3 is 0 Å². The van der Waals surface area contributed by atoms with Crippen molar-refractivity contribution in [2.24, 2.45) is 0 Å². The van der Waals surface area contributed by atoms with E-state index in [9.17, 15) is 4.79 Å². The maximum absolute atomic E-state index is 11.3. The van der Waals surface area contributed by atoms with E-state index in [1.54, 1.807) is 6.33 Å². The molecule has 2 aromatic heterocycles. The van der Waals surface area contributed by atoms with Gasteiger partial charge in [0.2, 0.25) is 5.91 Å². The molecule has 1 aliphatic heterocycles. The van der Waals surface area contributed by atoms with Gasteiger partial charge in [-0.2, -0.15) is 0 Å². The number of fused-ring (bicyclic) bond motifs is 1. The molecule has 1 aromatic carbocycles. The minimum atomic E-state index is -0.0673. The number of aryl methyl sites for hydroxylation is 2. The molecule has 7 nitrogen and oxygen atoms in total. The summed E-state index contributed by atoms with van der Waals surface area (Å²) < 4.78 is 0. The molecule has 0 spiro atoms. The van der Waals surface area contributed by atoms with E-state index in [4.69, 9.17) is 4.98 Å². The minimum absolute atomic E-state index is 0.0579. The number of imidazole rings is 2. The second kappa shape index (κ2) is 7.59. The number of hydrogen-bond donors (Lipinski definition) is 3. The Hall–Kier alpha value is -2.93. The number of H-pyrrole nitrogens is 2. The topological polar surface area (TPSA) is 89.7 Å². The van der Waals surface area contributed by atoms with Crippen LogP contribution in [0.15, 0.2) is 30.6 Å². The number of hydrogen-bond acceptors (Lipinski definition) is 4. The van der Waals surface area contributed by atoms with Crippen molar-refractivity contribution in [3.8, 4) is 0 Å². The number of nitrogens with zero attached hydrogens (tertiary/aromatic N) is 3. The molecule has 1 amide bonds.